The fourth-order valence-corrected chi connectivity index (χ4v) is 3.41. The van der Waals surface area contributed by atoms with Gasteiger partial charge >= 0.3 is 6.18 Å². The first-order valence-corrected chi connectivity index (χ1v) is 8.73. The number of fused-ring (bicyclic) bond motifs is 1. The standard InChI is InChI=1S/C18H23F3N4O/c1-12-14(17(26)22-11-18(19,20)21)3-4-16-15(12)10-25(23-16)9-13-5-7-24(2)8-6-13/h3-4,10,13H,5-9,11H2,1-2H3,(H,22,26). The van der Waals surface area contributed by atoms with Crippen LogP contribution in [0.15, 0.2) is 18.3 Å². The van der Waals surface area contributed by atoms with Gasteiger partial charge in [-0.05, 0) is 63.5 Å². The minimum absolute atomic E-state index is 0.251. The molecule has 0 radical (unpaired) electrons. The van der Waals surface area contributed by atoms with Crippen LogP contribution in [0.2, 0.25) is 0 Å². The Morgan fingerprint density at radius 3 is 2.65 bits per heavy atom. The van der Waals surface area contributed by atoms with Gasteiger partial charge in [-0.25, -0.2) is 0 Å². The summed E-state index contributed by atoms with van der Waals surface area (Å²) < 4.78 is 38.8. The van der Waals surface area contributed by atoms with Gasteiger partial charge in [0.25, 0.3) is 5.91 Å². The number of likely N-dealkylation sites (tertiary alicyclic amines) is 1. The van der Waals surface area contributed by atoms with E-state index in [0.717, 1.165) is 43.4 Å². The SMILES string of the molecule is Cc1c(C(=O)NCC(F)(F)F)ccc2nn(CC3CCN(C)CC3)cc12. The summed E-state index contributed by atoms with van der Waals surface area (Å²) in [5.74, 6) is -0.153. The number of alkyl halides is 3. The highest BCUT2D eigenvalue weighted by Gasteiger charge is 2.28. The molecular formula is C18H23F3N4O. The molecule has 8 heteroatoms. The Bertz CT molecular complexity index is 792. The molecule has 1 aromatic carbocycles. The Morgan fingerprint density at radius 2 is 2.00 bits per heavy atom. The lowest BCUT2D eigenvalue weighted by molar-refractivity contribution is -0.123. The van der Waals surface area contributed by atoms with Gasteiger partial charge in [0, 0.05) is 23.7 Å². The van der Waals surface area contributed by atoms with Crippen molar-refractivity contribution in [1.82, 2.24) is 20.0 Å². The van der Waals surface area contributed by atoms with E-state index in [9.17, 15) is 18.0 Å². The van der Waals surface area contributed by atoms with E-state index < -0.39 is 18.6 Å². The number of nitrogens with one attached hydrogen (secondary N) is 1. The first-order valence-electron chi connectivity index (χ1n) is 8.73. The maximum atomic E-state index is 12.3. The number of carbonyl (C=O) groups is 1. The van der Waals surface area contributed by atoms with Crippen molar-refractivity contribution in [2.45, 2.75) is 32.5 Å². The molecule has 1 fully saturated rings. The maximum absolute atomic E-state index is 12.3. The van der Waals surface area contributed by atoms with Crippen LogP contribution in [0.4, 0.5) is 13.2 Å². The minimum Gasteiger partial charge on any atom is -0.343 e. The van der Waals surface area contributed by atoms with Gasteiger partial charge in [0.15, 0.2) is 0 Å². The first kappa shape index (κ1) is 18.7. The molecule has 1 N–H and O–H groups in total. The lowest BCUT2D eigenvalue weighted by Gasteiger charge is -2.28. The van der Waals surface area contributed by atoms with Crippen molar-refractivity contribution in [2.75, 3.05) is 26.7 Å². The van der Waals surface area contributed by atoms with Crippen molar-refractivity contribution >= 4 is 16.8 Å². The number of piperidine rings is 1. The molecule has 1 aromatic heterocycles. The Balaban J connectivity index is 1.75. The van der Waals surface area contributed by atoms with Crippen LogP contribution in [-0.2, 0) is 6.54 Å². The van der Waals surface area contributed by atoms with Crippen molar-refractivity contribution in [2.24, 2.45) is 5.92 Å². The van der Waals surface area contributed by atoms with E-state index in [1.807, 2.05) is 16.2 Å². The summed E-state index contributed by atoms with van der Waals surface area (Å²) in [5.41, 5.74) is 1.65. The third-order valence-electron chi connectivity index (χ3n) is 4.98. The number of amides is 1. The molecule has 1 saturated heterocycles. The van der Waals surface area contributed by atoms with Crippen LogP contribution in [0.1, 0.15) is 28.8 Å². The molecule has 2 heterocycles. The molecule has 3 rings (SSSR count). The van der Waals surface area contributed by atoms with Crippen LogP contribution >= 0.6 is 0 Å². The zero-order valence-corrected chi connectivity index (χ0v) is 14.9. The van der Waals surface area contributed by atoms with Crippen LogP contribution in [0.5, 0.6) is 0 Å². The molecule has 2 aromatic rings. The van der Waals surface area contributed by atoms with Crippen molar-refractivity contribution in [3.63, 3.8) is 0 Å². The van der Waals surface area contributed by atoms with Gasteiger partial charge in [0.2, 0.25) is 0 Å². The van der Waals surface area contributed by atoms with Gasteiger partial charge in [0.1, 0.15) is 6.54 Å². The van der Waals surface area contributed by atoms with Crippen LogP contribution in [0, 0.1) is 12.8 Å². The Morgan fingerprint density at radius 1 is 1.31 bits per heavy atom. The lowest BCUT2D eigenvalue weighted by atomic mass is 9.97. The number of aryl methyl sites for hydroxylation is 1. The average molecular weight is 368 g/mol. The van der Waals surface area contributed by atoms with Crippen molar-refractivity contribution in [3.8, 4) is 0 Å². The van der Waals surface area contributed by atoms with Gasteiger partial charge < -0.3 is 10.2 Å². The number of nitrogens with zero attached hydrogens (tertiary/aromatic N) is 3. The number of aromatic nitrogens is 2. The third kappa shape index (κ3) is 4.35. The van der Waals surface area contributed by atoms with Crippen LogP contribution in [0.25, 0.3) is 10.9 Å². The summed E-state index contributed by atoms with van der Waals surface area (Å²) in [6.07, 6.45) is -0.288. The Kier molecular flexibility index (Phi) is 5.22. The summed E-state index contributed by atoms with van der Waals surface area (Å²) in [5, 5.41) is 7.29. The third-order valence-corrected chi connectivity index (χ3v) is 4.98. The first-order chi connectivity index (χ1) is 12.2. The zero-order valence-electron chi connectivity index (χ0n) is 14.9. The molecule has 0 atom stereocenters. The van der Waals surface area contributed by atoms with Gasteiger partial charge in [-0.1, -0.05) is 0 Å². The normalized spacial score (nSPS) is 17.0. The summed E-state index contributed by atoms with van der Waals surface area (Å²) in [7, 11) is 2.12. The monoisotopic (exact) mass is 368 g/mol. The van der Waals surface area contributed by atoms with Crippen molar-refractivity contribution in [3.05, 3.63) is 29.5 Å². The fourth-order valence-electron chi connectivity index (χ4n) is 3.41. The van der Waals surface area contributed by atoms with Crippen LogP contribution in [0.3, 0.4) is 0 Å². The molecule has 0 saturated carbocycles. The van der Waals surface area contributed by atoms with Crippen molar-refractivity contribution in [1.29, 1.82) is 0 Å². The second-order valence-electron chi connectivity index (χ2n) is 7.07. The number of halogens is 3. The number of carbonyl (C=O) groups excluding carboxylic acids is 1. The molecule has 5 nitrogen and oxygen atoms in total. The summed E-state index contributed by atoms with van der Waals surface area (Å²) in [6.45, 7) is 3.38. The Labute approximate surface area is 150 Å². The predicted molar refractivity (Wildman–Crippen MR) is 93.1 cm³/mol. The van der Waals surface area contributed by atoms with Crippen molar-refractivity contribution < 1.29 is 18.0 Å². The topological polar surface area (TPSA) is 50.2 Å². The number of rotatable bonds is 4. The van der Waals surface area contributed by atoms with E-state index in [0.29, 0.717) is 11.5 Å². The highest BCUT2D eigenvalue weighted by atomic mass is 19.4. The number of hydrogen-bond donors (Lipinski definition) is 1. The molecule has 0 bridgehead atoms. The second-order valence-corrected chi connectivity index (χ2v) is 7.07. The number of hydrogen-bond acceptors (Lipinski definition) is 3. The second kappa shape index (κ2) is 7.26. The summed E-state index contributed by atoms with van der Waals surface area (Å²) in [4.78, 5) is 14.4. The van der Waals surface area contributed by atoms with Gasteiger partial charge in [-0.3, -0.25) is 9.48 Å². The highest BCUT2D eigenvalue weighted by molar-refractivity contribution is 6.00. The minimum atomic E-state index is -4.42. The Hall–Kier alpha value is -2.09. The summed E-state index contributed by atoms with van der Waals surface area (Å²) in [6, 6.07) is 3.23. The molecule has 142 valence electrons. The van der Waals surface area contributed by atoms with E-state index in [1.165, 1.54) is 6.07 Å². The van der Waals surface area contributed by atoms with E-state index in [-0.39, 0.29) is 5.56 Å². The smallest absolute Gasteiger partial charge is 0.343 e. The van der Waals surface area contributed by atoms with E-state index in [2.05, 4.69) is 17.0 Å². The van der Waals surface area contributed by atoms with Gasteiger partial charge in [-0.15, -0.1) is 0 Å². The van der Waals surface area contributed by atoms with Gasteiger partial charge in [-0.2, -0.15) is 18.3 Å². The van der Waals surface area contributed by atoms with Crippen LogP contribution < -0.4 is 5.32 Å². The molecule has 0 aliphatic carbocycles. The molecule has 0 spiro atoms. The molecule has 1 aliphatic heterocycles. The molecule has 1 amide bonds. The summed E-state index contributed by atoms with van der Waals surface area (Å²) >= 11 is 0. The van der Waals surface area contributed by atoms with Crippen LogP contribution in [-0.4, -0.2) is 53.4 Å². The van der Waals surface area contributed by atoms with E-state index in [4.69, 9.17) is 0 Å². The highest BCUT2D eigenvalue weighted by Crippen LogP contribution is 2.24. The fraction of sp³-hybridized carbons (Fsp3) is 0.556. The average Bonchev–Trinajstić information content (AvgIpc) is 2.98. The number of benzene rings is 1. The zero-order chi connectivity index (χ0) is 18.9. The largest absolute Gasteiger partial charge is 0.405 e. The lowest BCUT2D eigenvalue weighted by Crippen LogP contribution is -2.34. The molecule has 0 unspecified atom stereocenters. The van der Waals surface area contributed by atoms with Gasteiger partial charge in [0.05, 0.1) is 5.52 Å². The maximum Gasteiger partial charge on any atom is 0.405 e. The molecular weight excluding hydrogens is 345 g/mol. The predicted octanol–water partition coefficient (Wildman–Crippen LogP) is 2.98. The molecule has 1 aliphatic rings. The van der Waals surface area contributed by atoms with E-state index in [1.54, 1.807) is 13.0 Å². The quantitative estimate of drug-likeness (QED) is 0.903. The van der Waals surface area contributed by atoms with E-state index >= 15 is 0 Å². The molecule has 26 heavy (non-hydrogen) atoms.